The number of aromatic nitrogens is 2. The monoisotopic (exact) mass is 464 g/mol. The van der Waals surface area contributed by atoms with Gasteiger partial charge in [-0.1, -0.05) is 6.07 Å². The Morgan fingerprint density at radius 1 is 1.30 bits per heavy atom. The molecule has 2 aromatic rings. The molecule has 11 heteroatoms. The predicted octanol–water partition coefficient (Wildman–Crippen LogP) is 2.65. The van der Waals surface area contributed by atoms with Crippen molar-refractivity contribution in [1.29, 1.82) is 0 Å². The van der Waals surface area contributed by atoms with Gasteiger partial charge in [-0.05, 0) is 24.6 Å². The first-order valence-electron chi connectivity index (χ1n) is 10.4. The Morgan fingerprint density at radius 3 is 2.82 bits per heavy atom. The van der Waals surface area contributed by atoms with Crippen LogP contribution in [0.5, 0.6) is 5.88 Å². The maximum Gasteiger partial charge on any atom is 0.283 e. The lowest BCUT2D eigenvalue weighted by molar-refractivity contribution is -0.121. The lowest BCUT2D eigenvalue weighted by Gasteiger charge is -2.48. The molecule has 1 aromatic carbocycles. The second kappa shape index (κ2) is 9.34. The molecule has 0 unspecified atom stereocenters. The van der Waals surface area contributed by atoms with Crippen LogP contribution in [0.15, 0.2) is 35.6 Å². The van der Waals surface area contributed by atoms with Crippen molar-refractivity contribution in [2.45, 2.75) is 37.5 Å². The average Bonchev–Trinajstić information content (AvgIpc) is 2.80. The van der Waals surface area contributed by atoms with Crippen LogP contribution in [-0.4, -0.2) is 54.1 Å². The highest BCUT2D eigenvalue weighted by molar-refractivity contribution is 5.95. The number of rotatable bonds is 7. The minimum atomic E-state index is -1.65. The minimum Gasteiger partial charge on any atom is -0.462 e. The molecule has 0 spiro atoms. The first-order chi connectivity index (χ1) is 15.9. The van der Waals surface area contributed by atoms with Gasteiger partial charge in [0.2, 0.25) is 12.7 Å². The van der Waals surface area contributed by atoms with Crippen LogP contribution in [0.25, 0.3) is 0 Å². The van der Waals surface area contributed by atoms with Crippen molar-refractivity contribution in [2.24, 2.45) is 16.6 Å². The van der Waals surface area contributed by atoms with Gasteiger partial charge in [0.05, 0.1) is 31.0 Å². The Kier molecular flexibility index (Phi) is 6.50. The molecule has 1 fully saturated rings. The molecule has 0 bridgehead atoms. The molecule has 2 aliphatic rings. The van der Waals surface area contributed by atoms with Crippen molar-refractivity contribution in [3.63, 3.8) is 0 Å². The van der Waals surface area contributed by atoms with E-state index in [-0.39, 0.29) is 29.6 Å². The second-order valence-electron chi connectivity index (χ2n) is 7.96. The maximum atomic E-state index is 15.1. The van der Waals surface area contributed by atoms with Gasteiger partial charge in [0, 0.05) is 18.4 Å². The zero-order valence-corrected chi connectivity index (χ0v) is 17.8. The lowest BCUT2D eigenvalue weighted by Crippen LogP contribution is -2.57. The summed E-state index contributed by atoms with van der Waals surface area (Å²) in [5.41, 5.74) is 4.63. The number of fused-ring (bicyclic) bond motifs is 1. The highest BCUT2D eigenvalue weighted by Crippen LogP contribution is 2.46. The molecule has 176 valence electrons. The molecular weight excluding hydrogens is 441 g/mol. The highest BCUT2D eigenvalue weighted by atomic mass is 19.1. The minimum absolute atomic E-state index is 0.0216. The van der Waals surface area contributed by atoms with E-state index in [0.717, 1.165) is 12.4 Å². The normalized spacial score (nSPS) is 26.7. The summed E-state index contributed by atoms with van der Waals surface area (Å²) in [6.45, 7) is 0.0784. The zero-order valence-electron chi connectivity index (χ0n) is 17.8. The van der Waals surface area contributed by atoms with E-state index < -0.39 is 48.8 Å². The average molecular weight is 464 g/mol. The van der Waals surface area contributed by atoms with Crippen molar-refractivity contribution < 1.29 is 32.2 Å². The highest BCUT2D eigenvalue weighted by Gasteiger charge is 2.54. The van der Waals surface area contributed by atoms with E-state index in [1.807, 2.05) is 0 Å². The third kappa shape index (κ3) is 4.37. The molecule has 4 rings (SSSR count). The fourth-order valence-electron chi connectivity index (χ4n) is 4.55. The Balaban J connectivity index is 1.67. The van der Waals surface area contributed by atoms with Crippen molar-refractivity contribution in [3.05, 3.63) is 53.2 Å². The molecular formula is C22H23F3N4O4. The smallest absolute Gasteiger partial charge is 0.283 e. The molecule has 1 aromatic heterocycles. The summed E-state index contributed by atoms with van der Waals surface area (Å²) in [5, 5.41) is 0. The number of aliphatic imine (C=N–C) groups is 1. The van der Waals surface area contributed by atoms with E-state index in [9.17, 15) is 13.6 Å². The number of nitrogens with two attached hydrogens (primary N) is 1. The number of carbonyl (C=O) groups excluding carboxylic acids is 1. The van der Waals surface area contributed by atoms with E-state index in [2.05, 4.69) is 19.7 Å². The van der Waals surface area contributed by atoms with Crippen LogP contribution >= 0.6 is 0 Å². The standard InChI is InChI=1S/C22H23F3N4O4/c1-12-20-18(4-5-31-12)33-21(26)29-22(20,10-23)14-6-13(2-3-15(14)25)7-17(30)16-8-28-19(9-27-16)32-11-24/h2-3,6,8-9,12,18,20H,4-5,7,10-11H2,1H3,(H2,26,29)/t12-,18+,20-,22+/m0/s1. The zero-order chi connectivity index (χ0) is 23.6. The van der Waals surface area contributed by atoms with Gasteiger partial charge in [-0.15, -0.1) is 0 Å². The maximum absolute atomic E-state index is 15.1. The topological polar surface area (TPSA) is 109 Å². The molecule has 2 aliphatic heterocycles. The van der Waals surface area contributed by atoms with Crippen molar-refractivity contribution in [3.8, 4) is 5.88 Å². The third-order valence-corrected chi connectivity index (χ3v) is 6.00. The van der Waals surface area contributed by atoms with Gasteiger partial charge in [0.1, 0.15) is 29.8 Å². The van der Waals surface area contributed by atoms with E-state index >= 15 is 4.39 Å². The largest absolute Gasteiger partial charge is 0.462 e. The molecule has 4 atom stereocenters. The Hall–Kier alpha value is -3.21. The number of halogens is 3. The Morgan fingerprint density at radius 2 is 2.12 bits per heavy atom. The third-order valence-electron chi connectivity index (χ3n) is 6.00. The van der Waals surface area contributed by atoms with E-state index in [1.165, 1.54) is 18.2 Å². The van der Waals surface area contributed by atoms with Crippen LogP contribution in [0.2, 0.25) is 0 Å². The van der Waals surface area contributed by atoms with Gasteiger partial charge in [0.15, 0.2) is 5.78 Å². The lowest BCUT2D eigenvalue weighted by atomic mass is 9.71. The SMILES string of the molecule is C[C@@H]1OCC[C@H]2OC(N)=N[C@](CF)(c3cc(CC(=O)c4cnc(OCF)cn4)ccc3F)[C@@H]12. The van der Waals surface area contributed by atoms with E-state index in [1.54, 1.807) is 6.92 Å². The van der Waals surface area contributed by atoms with E-state index in [4.69, 9.17) is 15.2 Å². The van der Waals surface area contributed by atoms with Crippen LogP contribution in [-0.2, 0) is 21.4 Å². The van der Waals surface area contributed by atoms with Gasteiger partial charge < -0.3 is 19.9 Å². The number of ketones is 1. The summed E-state index contributed by atoms with van der Waals surface area (Å²) in [4.78, 5) is 24.6. The molecule has 0 amide bonds. The molecule has 8 nitrogen and oxygen atoms in total. The summed E-state index contributed by atoms with van der Waals surface area (Å²) in [5.74, 6) is -1.76. The molecule has 0 aliphatic carbocycles. The first-order valence-corrected chi connectivity index (χ1v) is 10.4. The summed E-state index contributed by atoms with van der Waals surface area (Å²) >= 11 is 0. The van der Waals surface area contributed by atoms with E-state index in [0.29, 0.717) is 18.6 Å². The number of Topliss-reactive ketones (excluding diaryl/α,β-unsaturated/α-hetero) is 1. The summed E-state index contributed by atoms with van der Waals surface area (Å²) < 4.78 is 57.9. The number of hydrogen-bond acceptors (Lipinski definition) is 8. The Bertz CT molecular complexity index is 1050. The van der Waals surface area contributed by atoms with Crippen LogP contribution < -0.4 is 10.5 Å². The number of nitrogens with zero attached hydrogens (tertiary/aromatic N) is 3. The molecule has 0 saturated carbocycles. The Labute approximate surface area is 188 Å². The number of alkyl halides is 2. The summed E-state index contributed by atoms with van der Waals surface area (Å²) in [7, 11) is 0. The van der Waals surface area contributed by atoms with Gasteiger partial charge in [-0.3, -0.25) is 4.79 Å². The molecule has 33 heavy (non-hydrogen) atoms. The summed E-state index contributed by atoms with van der Waals surface area (Å²) in [6.07, 6.45) is 1.67. The van der Waals surface area contributed by atoms with Crippen LogP contribution in [0, 0.1) is 11.7 Å². The second-order valence-corrected chi connectivity index (χ2v) is 7.96. The number of carbonyl (C=O) groups is 1. The van der Waals surface area contributed by atoms with Crippen LogP contribution in [0.3, 0.4) is 0 Å². The van der Waals surface area contributed by atoms with Gasteiger partial charge >= 0.3 is 0 Å². The van der Waals surface area contributed by atoms with Crippen molar-refractivity contribution >= 4 is 11.8 Å². The van der Waals surface area contributed by atoms with Crippen LogP contribution in [0.1, 0.15) is 35.0 Å². The van der Waals surface area contributed by atoms with Crippen molar-refractivity contribution in [1.82, 2.24) is 9.97 Å². The van der Waals surface area contributed by atoms with Crippen molar-refractivity contribution in [2.75, 3.05) is 20.1 Å². The molecule has 2 N–H and O–H groups in total. The number of benzene rings is 1. The van der Waals surface area contributed by atoms with Gasteiger partial charge in [-0.2, -0.15) is 0 Å². The number of hydrogen-bond donors (Lipinski definition) is 1. The predicted molar refractivity (Wildman–Crippen MR) is 111 cm³/mol. The number of ether oxygens (including phenoxy) is 3. The quantitative estimate of drug-likeness (QED) is 0.628. The number of amidine groups is 1. The molecule has 0 radical (unpaired) electrons. The first kappa shape index (κ1) is 23.0. The fraction of sp³-hybridized carbons (Fsp3) is 0.455. The fourth-order valence-corrected chi connectivity index (χ4v) is 4.55. The molecule has 3 heterocycles. The molecule has 1 saturated heterocycles. The van der Waals surface area contributed by atoms with Crippen LogP contribution in [0.4, 0.5) is 13.2 Å². The summed E-state index contributed by atoms with van der Waals surface area (Å²) in [6, 6.07) is 3.81. The van der Waals surface area contributed by atoms with Gasteiger partial charge in [0.25, 0.3) is 6.02 Å². The van der Waals surface area contributed by atoms with Gasteiger partial charge in [-0.25, -0.2) is 28.1 Å².